The molecule has 0 aliphatic heterocycles. The molecule has 182 valence electrons. The molecule has 5 rings (SSSR count). The van der Waals surface area contributed by atoms with Gasteiger partial charge in [-0.25, -0.2) is 9.98 Å². The van der Waals surface area contributed by atoms with Gasteiger partial charge < -0.3 is 9.13 Å². The monoisotopic (exact) mass is 550 g/mol. The Morgan fingerprint density at radius 2 is 0.944 bits per heavy atom. The maximum atomic E-state index is 6.06. The minimum Gasteiger partial charge on any atom is -0.317 e. The van der Waals surface area contributed by atoms with Gasteiger partial charge in [0, 0.05) is 33.9 Å². The predicted molar refractivity (Wildman–Crippen MR) is 154 cm³/mol. The van der Waals surface area contributed by atoms with Gasteiger partial charge in [0.2, 0.25) is 0 Å². The van der Waals surface area contributed by atoms with E-state index in [1.165, 1.54) is 0 Å². The average molecular weight is 552 g/mol. The van der Waals surface area contributed by atoms with Crippen molar-refractivity contribution in [3.05, 3.63) is 103 Å². The molecule has 2 aromatic heterocycles. The molecule has 8 heteroatoms. The first-order valence-electron chi connectivity index (χ1n) is 11.6. The fourth-order valence-electron chi connectivity index (χ4n) is 3.97. The molecule has 3 aromatic carbocycles. The van der Waals surface area contributed by atoms with E-state index in [1.807, 2.05) is 72.8 Å². The summed E-state index contributed by atoms with van der Waals surface area (Å²) in [5.74, 6) is 0. The third kappa shape index (κ3) is 5.27. The zero-order valence-electron chi connectivity index (χ0n) is 19.9. The Labute approximate surface area is 228 Å². The summed E-state index contributed by atoms with van der Waals surface area (Å²) < 4.78 is 4.45. The number of hydrogen-bond donors (Lipinski definition) is 0. The molecule has 0 radical (unpaired) electrons. The highest BCUT2D eigenvalue weighted by atomic mass is 35.5. The quantitative estimate of drug-likeness (QED) is 0.203. The summed E-state index contributed by atoms with van der Waals surface area (Å²) in [5, 5.41) is 5.77. The lowest BCUT2D eigenvalue weighted by molar-refractivity contribution is 0.744. The van der Waals surface area contributed by atoms with Crippen molar-refractivity contribution in [3.8, 4) is 22.5 Å². The van der Waals surface area contributed by atoms with Gasteiger partial charge in [-0.3, -0.25) is 0 Å². The lowest BCUT2D eigenvalue weighted by Crippen LogP contribution is -2.14. The number of hydrogen-bond acceptors (Lipinski definition) is 4. The summed E-state index contributed by atoms with van der Waals surface area (Å²) in [4.78, 5) is 11.7. The second kappa shape index (κ2) is 11.0. The fourth-order valence-corrected chi connectivity index (χ4v) is 6.21. The minimum atomic E-state index is 0.737. The molecule has 2 heterocycles. The molecule has 0 atom stereocenters. The molecule has 36 heavy (non-hydrogen) atoms. The molecule has 0 bridgehead atoms. The normalized spacial score (nSPS) is 12.4. The highest BCUT2D eigenvalue weighted by Crippen LogP contribution is 2.25. The summed E-state index contributed by atoms with van der Waals surface area (Å²) in [6, 6.07) is 23.9. The van der Waals surface area contributed by atoms with Crippen molar-refractivity contribution < 1.29 is 0 Å². The first-order chi connectivity index (χ1) is 17.6. The van der Waals surface area contributed by atoms with Crippen molar-refractivity contribution in [2.24, 2.45) is 9.98 Å². The molecule has 5 aromatic rings. The molecule has 0 saturated heterocycles. The van der Waals surface area contributed by atoms with E-state index in [0.717, 1.165) is 66.6 Å². The lowest BCUT2D eigenvalue weighted by Gasteiger charge is -2.06. The van der Waals surface area contributed by atoms with Crippen LogP contribution in [0.4, 0.5) is 11.4 Å². The molecule has 0 fully saturated rings. The Kier molecular flexibility index (Phi) is 7.58. The molecule has 4 nitrogen and oxygen atoms in total. The smallest absolute Gasteiger partial charge is 0.190 e. The summed E-state index contributed by atoms with van der Waals surface area (Å²) >= 11 is 15.4. The van der Waals surface area contributed by atoms with Crippen molar-refractivity contribution in [1.29, 1.82) is 0 Å². The van der Waals surface area contributed by atoms with Crippen LogP contribution in [0.1, 0.15) is 13.8 Å². The third-order valence-electron chi connectivity index (χ3n) is 5.81. The molecule has 0 spiro atoms. The van der Waals surface area contributed by atoms with Crippen LogP contribution in [0, 0.1) is 0 Å². The lowest BCUT2D eigenvalue weighted by atomic mass is 10.2. The van der Waals surface area contributed by atoms with E-state index in [9.17, 15) is 0 Å². The number of halogens is 2. The van der Waals surface area contributed by atoms with E-state index in [4.69, 9.17) is 33.2 Å². The van der Waals surface area contributed by atoms with Gasteiger partial charge in [-0.05, 0) is 73.5 Å². The Morgan fingerprint density at radius 3 is 1.28 bits per heavy atom. The van der Waals surface area contributed by atoms with Gasteiger partial charge in [0.1, 0.15) is 0 Å². The van der Waals surface area contributed by atoms with E-state index in [0.29, 0.717) is 0 Å². The second-order valence-electron chi connectivity index (χ2n) is 8.05. The molecule has 0 N–H and O–H groups in total. The first-order valence-corrected chi connectivity index (χ1v) is 14.1. The molecule has 0 saturated carbocycles. The van der Waals surface area contributed by atoms with Gasteiger partial charge in [0.25, 0.3) is 0 Å². The van der Waals surface area contributed by atoms with Crippen molar-refractivity contribution in [2.75, 3.05) is 0 Å². The maximum absolute atomic E-state index is 6.06. The van der Waals surface area contributed by atoms with Crippen LogP contribution in [0.3, 0.4) is 0 Å². The van der Waals surface area contributed by atoms with E-state index in [-0.39, 0.29) is 0 Å². The van der Waals surface area contributed by atoms with Crippen LogP contribution < -0.4 is 9.60 Å². The summed E-state index contributed by atoms with van der Waals surface area (Å²) in [5.41, 5.74) is 6.34. The van der Waals surface area contributed by atoms with Crippen molar-refractivity contribution >= 4 is 57.3 Å². The van der Waals surface area contributed by atoms with Crippen LogP contribution in [-0.2, 0) is 13.1 Å². The molecule has 0 aliphatic carbocycles. The van der Waals surface area contributed by atoms with E-state index < -0.39 is 0 Å². The number of nitrogens with zero attached hydrogens (tertiary/aromatic N) is 4. The minimum absolute atomic E-state index is 0.737. The Morgan fingerprint density at radius 1 is 0.583 bits per heavy atom. The van der Waals surface area contributed by atoms with Crippen LogP contribution in [-0.4, -0.2) is 9.13 Å². The maximum Gasteiger partial charge on any atom is 0.190 e. The van der Waals surface area contributed by atoms with Crippen LogP contribution in [0.5, 0.6) is 0 Å². The molecule has 0 unspecified atom stereocenters. The summed E-state index contributed by atoms with van der Waals surface area (Å²) in [6.45, 7) is 5.93. The zero-order valence-corrected chi connectivity index (χ0v) is 23.0. The topological polar surface area (TPSA) is 34.6 Å². The molecule has 0 aliphatic rings. The van der Waals surface area contributed by atoms with Crippen LogP contribution in [0.2, 0.25) is 10.0 Å². The van der Waals surface area contributed by atoms with E-state index in [2.05, 4.69) is 33.7 Å². The van der Waals surface area contributed by atoms with Gasteiger partial charge in [-0.1, -0.05) is 47.5 Å². The number of benzene rings is 3. The summed E-state index contributed by atoms with van der Waals surface area (Å²) in [6.07, 6.45) is 0. The van der Waals surface area contributed by atoms with Crippen LogP contribution in [0.25, 0.3) is 22.5 Å². The van der Waals surface area contributed by atoms with Crippen molar-refractivity contribution in [3.63, 3.8) is 0 Å². The molecular weight excluding hydrogens is 527 g/mol. The predicted octanol–water partition coefficient (Wildman–Crippen LogP) is 8.56. The largest absolute Gasteiger partial charge is 0.317 e. The highest BCUT2D eigenvalue weighted by Gasteiger charge is 2.08. The number of aromatic nitrogens is 2. The van der Waals surface area contributed by atoms with Gasteiger partial charge in [-0.15, -0.1) is 22.7 Å². The van der Waals surface area contributed by atoms with E-state index >= 15 is 0 Å². The Hall–Kier alpha value is -2.90. The van der Waals surface area contributed by atoms with Gasteiger partial charge in [0.05, 0.1) is 22.8 Å². The van der Waals surface area contributed by atoms with Crippen LogP contribution >= 0.6 is 45.9 Å². The number of rotatable bonds is 6. The molecular formula is C28H24Cl2N4S2. The Bertz CT molecular complexity index is 1480. The third-order valence-corrected chi connectivity index (χ3v) is 8.04. The van der Waals surface area contributed by atoms with Crippen molar-refractivity contribution in [2.45, 2.75) is 26.9 Å². The fraction of sp³-hybridized carbons (Fsp3) is 0.143. The van der Waals surface area contributed by atoms with Gasteiger partial charge in [-0.2, -0.15) is 0 Å². The van der Waals surface area contributed by atoms with E-state index in [1.54, 1.807) is 22.7 Å². The zero-order chi connectivity index (χ0) is 25.1. The highest BCUT2D eigenvalue weighted by molar-refractivity contribution is 7.07. The number of thiazole rings is 2. The van der Waals surface area contributed by atoms with Gasteiger partial charge >= 0.3 is 0 Å². The summed E-state index contributed by atoms with van der Waals surface area (Å²) in [7, 11) is 0. The first kappa shape index (κ1) is 24.8. The second-order valence-corrected chi connectivity index (χ2v) is 10.6. The van der Waals surface area contributed by atoms with Gasteiger partial charge in [0.15, 0.2) is 9.60 Å². The standard InChI is InChI=1S/C28H24Cl2N4S2/c1-3-33-25(19-5-9-21(29)10-6-19)17-35-27(33)31-23-13-15-24(16-14-23)32-28-34(4-2)26(18-36-28)20-7-11-22(30)12-8-20/h5-18H,3-4H2,1-2H3. The van der Waals surface area contributed by atoms with Crippen molar-refractivity contribution in [1.82, 2.24) is 9.13 Å². The Balaban J connectivity index is 1.45. The SMILES string of the molecule is CCn1c(-c2ccc(Cl)cc2)csc1=Nc1ccc(N=c2scc(-c3ccc(Cl)cc3)n2CC)cc1. The average Bonchev–Trinajstić information content (AvgIpc) is 3.49. The molecule has 0 amide bonds. The van der Waals surface area contributed by atoms with Crippen LogP contribution in [0.15, 0.2) is 93.5 Å².